The standard InChI is InChI=1S/C9H10N2/c1-11(9-7-10-9)8-5-3-2-4-6-8/h2-6H,7H2,1H3. The molecule has 0 saturated heterocycles. The average molecular weight is 146 g/mol. The van der Waals surface area contributed by atoms with Crippen molar-refractivity contribution in [3.8, 4) is 0 Å². The third-order valence-electron chi connectivity index (χ3n) is 1.83. The molecule has 2 rings (SSSR count). The Hall–Kier alpha value is -1.31. The molecule has 0 saturated carbocycles. The normalized spacial score (nSPS) is 14.1. The van der Waals surface area contributed by atoms with Gasteiger partial charge in [0.25, 0.3) is 0 Å². The molecule has 0 bridgehead atoms. The number of anilines is 1. The summed E-state index contributed by atoms with van der Waals surface area (Å²) in [6.45, 7) is 0.908. The van der Waals surface area contributed by atoms with E-state index in [-0.39, 0.29) is 0 Å². The first-order valence-corrected chi connectivity index (χ1v) is 3.70. The zero-order valence-corrected chi connectivity index (χ0v) is 6.49. The number of aliphatic imine (C=N–C) groups is 1. The molecule has 1 aliphatic heterocycles. The monoisotopic (exact) mass is 146 g/mol. The van der Waals surface area contributed by atoms with Crippen molar-refractivity contribution in [1.82, 2.24) is 0 Å². The van der Waals surface area contributed by atoms with Gasteiger partial charge in [0.2, 0.25) is 0 Å². The van der Waals surface area contributed by atoms with Gasteiger partial charge in [-0.2, -0.15) is 0 Å². The topological polar surface area (TPSA) is 15.6 Å². The molecular formula is C9H10N2. The van der Waals surface area contributed by atoms with Crippen LogP contribution in [0.1, 0.15) is 0 Å². The SMILES string of the molecule is CN(C1=NC1)c1ccccc1. The largest absolute Gasteiger partial charge is 0.332 e. The lowest BCUT2D eigenvalue weighted by molar-refractivity contribution is 1.29. The predicted octanol–water partition coefficient (Wildman–Crippen LogP) is 1.53. The van der Waals surface area contributed by atoms with E-state index in [0.717, 1.165) is 6.54 Å². The first-order chi connectivity index (χ1) is 5.38. The molecule has 0 amide bonds. The minimum absolute atomic E-state index is 0.908. The summed E-state index contributed by atoms with van der Waals surface area (Å²) >= 11 is 0. The van der Waals surface area contributed by atoms with E-state index in [0.29, 0.717) is 0 Å². The van der Waals surface area contributed by atoms with Crippen LogP contribution < -0.4 is 4.90 Å². The number of para-hydroxylation sites is 1. The van der Waals surface area contributed by atoms with Gasteiger partial charge in [0.1, 0.15) is 5.84 Å². The summed E-state index contributed by atoms with van der Waals surface area (Å²) in [5.74, 6) is 1.18. The van der Waals surface area contributed by atoms with Crippen molar-refractivity contribution in [2.75, 3.05) is 18.5 Å². The second kappa shape index (κ2) is 2.38. The summed E-state index contributed by atoms with van der Waals surface area (Å²) in [6.07, 6.45) is 0. The molecule has 56 valence electrons. The van der Waals surface area contributed by atoms with E-state index in [1.54, 1.807) is 0 Å². The second-order valence-electron chi connectivity index (χ2n) is 2.63. The third-order valence-corrected chi connectivity index (χ3v) is 1.83. The molecule has 2 heteroatoms. The Morgan fingerprint density at radius 3 is 2.45 bits per heavy atom. The van der Waals surface area contributed by atoms with Crippen molar-refractivity contribution in [2.45, 2.75) is 0 Å². The molecule has 2 nitrogen and oxygen atoms in total. The molecule has 0 N–H and O–H groups in total. The maximum absolute atomic E-state index is 4.12. The number of hydrogen-bond acceptors (Lipinski definition) is 2. The van der Waals surface area contributed by atoms with Gasteiger partial charge in [-0.25, -0.2) is 0 Å². The Balaban J connectivity index is 2.22. The minimum Gasteiger partial charge on any atom is -0.332 e. The van der Waals surface area contributed by atoms with E-state index in [9.17, 15) is 0 Å². The van der Waals surface area contributed by atoms with Crippen molar-refractivity contribution in [2.24, 2.45) is 4.99 Å². The molecule has 0 unspecified atom stereocenters. The van der Waals surface area contributed by atoms with Crippen LogP contribution in [-0.4, -0.2) is 19.4 Å². The maximum Gasteiger partial charge on any atom is 0.125 e. The van der Waals surface area contributed by atoms with E-state index in [1.807, 2.05) is 25.2 Å². The van der Waals surface area contributed by atoms with Crippen LogP contribution >= 0.6 is 0 Å². The maximum atomic E-state index is 4.12. The van der Waals surface area contributed by atoms with Gasteiger partial charge < -0.3 is 4.90 Å². The highest BCUT2D eigenvalue weighted by Crippen LogP contribution is 2.15. The van der Waals surface area contributed by atoms with Crippen LogP contribution in [-0.2, 0) is 0 Å². The number of likely N-dealkylation sites (N-methyl/N-ethyl adjacent to an activating group) is 1. The number of amidine groups is 1. The van der Waals surface area contributed by atoms with Crippen LogP contribution in [0.3, 0.4) is 0 Å². The van der Waals surface area contributed by atoms with Gasteiger partial charge in [0, 0.05) is 12.7 Å². The molecule has 0 fully saturated rings. The van der Waals surface area contributed by atoms with Crippen LogP contribution in [0, 0.1) is 0 Å². The summed E-state index contributed by atoms with van der Waals surface area (Å²) in [6, 6.07) is 10.3. The Morgan fingerprint density at radius 1 is 1.27 bits per heavy atom. The predicted molar refractivity (Wildman–Crippen MR) is 47.1 cm³/mol. The molecule has 11 heavy (non-hydrogen) atoms. The summed E-state index contributed by atoms with van der Waals surface area (Å²) < 4.78 is 0. The van der Waals surface area contributed by atoms with Gasteiger partial charge >= 0.3 is 0 Å². The molecule has 0 spiro atoms. The number of rotatable bonds is 1. The zero-order chi connectivity index (χ0) is 7.68. The van der Waals surface area contributed by atoms with Crippen molar-refractivity contribution in [3.63, 3.8) is 0 Å². The van der Waals surface area contributed by atoms with Gasteiger partial charge in [-0.05, 0) is 12.1 Å². The molecular weight excluding hydrogens is 136 g/mol. The van der Waals surface area contributed by atoms with Crippen LogP contribution in [0.5, 0.6) is 0 Å². The summed E-state index contributed by atoms with van der Waals surface area (Å²) in [7, 11) is 2.04. The molecule has 0 atom stereocenters. The first kappa shape index (κ1) is 6.40. The summed E-state index contributed by atoms with van der Waals surface area (Å²) in [4.78, 5) is 6.23. The number of hydrogen-bond donors (Lipinski definition) is 0. The second-order valence-corrected chi connectivity index (χ2v) is 2.63. The fraction of sp³-hybridized carbons (Fsp3) is 0.222. The van der Waals surface area contributed by atoms with Gasteiger partial charge in [-0.15, -0.1) is 0 Å². The molecule has 0 aromatic heterocycles. The van der Waals surface area contributed by atoms with Crippen LogP contribution in [0.25, 0.3) is 0 Å². The van der Waals surface area contributed by atoms with Gasteiger partial charge in [0.15, 0.2) is 0 Å². The van der Waals surface area contributed by atoms with Crippen LogP contribution in [0.2, 0.25) is 0 Å². The molecule has 0 aliphatic carbocycles. The lowest BCUT2D eigenvalue weighted by atomic mass is 10.3. The van der Waals surface area contributed by atoms with Crippen molar-refractivity contribution >= 4 is 11.5 Å². The van der Waals surface area contributed by atoms with E-state index >= 15 is 0 Å². The van der Waals surface area contributed by atoms with Crippen LogP contribution in [0.15, 0.2) is 35.3 Å². The average Bonchev–Trinajstić information content (AvgIpc) is 2.87. The summed E-state index contributed by atoms with van der Waals surface area (Å²) in [5, 5.41) is 0. The van der Waals surface area contributed by atoms with Crippen molar-refractivity contribution in [1.29, 1.82) is 0 Å². The third kappa shape index (κ3) is 1.24. The highest BCUT2D eigenvalue weighted by atomic mass is 15.2. The van der Waals surface area contributed by atoms with Crippen LogP contribution in [0.4, 0.5) is 5.69 Å². The Bertz CT molecular complexity index is 277. The Morgan fingerprint density at radius 2 is 1.91 bits per heavy atom. The number of benzene rings is 1. The van der Waals surface area contributed by atoms with E-state index in [4.69, 9.17) is 0 Å². The smallest absolute Gasteiger partial charge is 0.125 e. The van der Waals surface area contributed by atoms with Gasteiger partial charge in [-0.1, -0.05) is 18.2 Å². The first-order valence-electron chi connectivity index (χ1n) is 3.70. The summed E-state index contributed by atoms with van der Waals surface area (Å²) in [5.41, 5.74) is 1.21. The number of nitrogens with zero attached hydrogens (tertiary/aromatic N) is 2. The molecule has 1 heterocycles. The quantitative estimate of drug-likeness (QED) is 0.586. The van der Waals surface area contributed by atoms with E-state index < -0.39 is 0 Å². The molecule has 1 aromatic rings. The highest BCUT2D eigenvalue weighted by Gasteiger charge is 2.15. The highest BCUT2D eigenvalue weighted by molar-refractivity contribution is 6.06. The lowest BCUT2D eigenvalue weighted by Gasteiger charge is -2.12. The van der Waals surface area contributed by atoms with Gasteiger partial charge in [-0.3, -0.25) is 4.99 Å². The van der Waals surface area contributed by atoms with Gasteiger partial charge in [0.05, 0.1) is 6.54 Å². The molecule has 1 aromatic carbocycles. The van der Waals surface area contributed by atoms with Crippen molar-refractivity contribution in [3.05, 3.63) is 30.3 Å². The Labute approximate surface area is 66.2 Å². The fourth-order valence-corrected chi connectivity index (χ4v) is 1.05. The van der Waals surface area contributed by atoms with E-state index in [1.165, 1.54) is 11.5 Å². The lowest BCUT2D eigenvalue weighted by Crippen LogP contribution is -2.18. The zero-order valence-electron chi connectivity index (χ0n) is 6.49. The molecule has 0 radical (unpaired) electrons. The fourth-order valence-electron chi connectivity index (χ4n) is 1.05. The van der Waals surface area contributed by atoms with E-state index in [2.05, 4.69) is 22.0 Å². The minimum atomic E-state index is 0.908. The Kier molecular flexibility index (Phi) is 1.39. The molecule has 1 aliphatic rings. The van der Waals surface area contributed by atoms with Crippen molar-refractivity contribution < 1.29 is 0 Å².